The average molecular weight is 488 g/mol. The standard InChI is InChI=1S/C23H26BrN3O4/c1-29-21-6-3-15(13-22(21)30-2)20(27-7-9-31-10-8-27)14-25-23(28)19-12-16-11-17(24)4-5-18(16)26-19/h3-6,11-13,20,26H,7-10,14H2,1-2H3,(H,25,28). The predicted octanol–water partition coefficient (Wildman–Crippen LogP) is 3.75. The Labute approximate surface area is 189 Å². The maximum atomic E-state index is 12.9. The first kappa shape index (κ1) is 21.7. The molecule has 0 bridgehead atoms. The van der Waals surface area contributed by atoms with Gasteiger partial charge in [0, 0.05) is 35.0 Å². The molecule has 1 atom stereocenters. The zero-order valence-corrected chi connectivity index (χ0v) is 19.2. The lowest BCUT2D eigenvalue weighted by atomic mass is 10.0. The van der Waals surface area contributed by atoms with Gasteiger partial charge in [-0.1, -0.05) is 22.0 Å². The van der Waals surface area contributed by atoms with E-state index in [1.165, 1.54) is 0 Å². The van der Waals surface area contributed by atoms with Crippen LogP contribution in [0, 0.1) is 0 Å². The Morgan fingerprint density at radius 2 is 1.90 bits per heavy atom. The molecule has 7 nitrogen and oxygen atoms in total. The zero-order valence-electron chi connectivity index (χ0n) is 17.6. The van der Waals surface area contributed by atoms with Crippen molar-refractivity contribution in [3.63, 3.8) is 0 Å². The first-order valence-corrected chi connectivity index (χ1v) is 11.0. The molecule has 1 amide bonds. The number of carbonyl (C=O) groups is 1. The number of morpholine rings is 1. The van der Waals surface area contributed by atoms with Crippen LogP contribution in [0.25, 0.3) is 10.9 Å². The molecule has 31 heavy (non-hydrogen) atoms. The van der Waals surface area contributed by atoms with Crippen molar-refractivity contribution in [1.29, 1.82) is 0 Å². The third-order valence-electron chi connectivity index (χ3n) is 5.56. The van der Waals surface area contributed by atoms with E-state index in [0.717, 1.165) is 34.0 Å². The summed E-state index contributed by atoms with van der Waals surface area (Å²) < 4.78 is 17.4. The lowest BCUT2D eigenvalue weighted by molar-refractivity contribution is 0.0161. The monoisotopic (exact) mass is 487 g/mol. The second-order valence-electron chi connectivity index (χ2n) is 7.40. The number of halogens is 1. The predicted molar refractivity (Wildman–Crippen MR) is 123 cm³/mol. The zero-order chi connectivity index (χ0) is 21.8. The van der Waals surface area contributed by atoms with Crippen molar-refractivity contribution in [2.24, 2.45) is 0 Å². The third kappa shape index (κ3) is 4.87. The maximum Gasteiger partial charge on any atom is 0.267 e. The van der Waals surface area contributed by atoms with Crippen molar-refractivity contribution < 1.29 is 19.0 Å². The molecule has 4 rings (SSSR count). The number of nitrogens with one attached hydrogen (secondary N) is 2. The van der Waals surface area contributed by atoms with E-state index in [2.05, 4.69) is 31.1 Å². The molecule has 1 saturated heterocycles. The lowest BCUT2D eigenvalue weighted by Gasteiger charge is -2.35. The number of H-pyrrole nitrogens is 1. The topological polar surface area (TPSA) is 75.8 Å². The Bertz CT molecular complexity index is 1060. The molecule has 3 aromatic rings. The average Bonchev–Trinajstić information content (AvgIpc) is 3.23. The van der Waals surface area contributed by atoms with Crippen molar-refractivity contribution >= 4 is 32.7 Å². The molecule has 1 aliphatic rings. The molecule has 1 unspecified atom stereocenters. The Kier molecular flexibility index (Phi) is 6.80. The lowest BCUT2D eigenvalue weighted by Crippen LogP contribution is -2.43. The van der Waals surface area contributed by atoms with Crippen LogP contribution < -0.4 is 14.8 Å². The molecule has 1 fully saturated rings. The number of aromatic nitrogens is 1. The highest BCUT2D eigenvalue weighted by Gasteiger charge is 2.25. The van der Waals surface area contributed by atoms with Gasteiger partial charge in [-0.25, -0.2) is 0 Å². The van der Waals surface area contributed by atoms with E-state index in [4.69, 9.17) is 14.2 Å². The van der Waals surface area contributed by atoms with Gasteiger partial charge < -0.3 is 24.5 Å². The fourth-order valence-corrected chi connectivity index (χ4v) is 4.30. The van der Waals surface area contributed by atoms with Gasteiger partial charge in [0.25, 0.3) is 5.91 Å². The number of carbonyl (C=O) groups excluding carboxylic acids is 1. The number of methoxy groups -OCH3 is 2. The Morgan fingerprint density at radius 1 is 1.13 bits per heavy atom. The van der Waals surface area contributed by atoms with Crippen LogP contribution in [0.3, 0.4) is 0 Å². The van der Waals surface area contributed by atoms with Crippen molar-refractivity contribution in [2.45, 2.75) is 6.04 Å². The molecule has 1 aliphatic heterocycles. The molecule has 0 saturated carbocycles. The van der Waals surface area contributed by atoms with E-state index in [1.807, 2.05) is 42.5 Å². The molecule has 2 N–H and O–H groups in total. The van der Waals surface area contributed by atoms with E-state index >= 15 is 0 Å². The number of nitrogens with zero attached hydrogens (tertiary/aromatic N) is 1. The number of fused-ring (bicyclic) bond motifs is 1. The Morgan fingerprint density at radius 3 is 2.65 bits per heavy atom. The van der Waals surface area contributed by atoms with Gasteiger partial charge in [-0.3, -0.25) is 9.69 Å². The van der Waals surface area contributed by atoms with Crippen LogP contribution >= 0.6 is 15.9 Å². The number of ether oxygens (including phenoxy) is 3. The van der Waals surface area contributed by atoms with E-state index in [1.54, 1.807) is 14.2 Å². The van der Waals surface area contributed by atoms with Crippen LogP contribution in [0.1, 0.15) is 22.1 Å². The minimum Gasteiger partial charge on any atom is -0.493 e. The molecule has 164 valence electrons. The van der Waals surface area contributed by atoms with Crippen molar-refractivity contribution in [2.75, 3.05) is 47.1 Å². The van der Waals surface area contributed by atoms with Gasteiger partial charge >= 0.3 is 0 Å². The number of hydrogen-bond acceptors (Lipinski definition) is 5. The SMILES string of the molecule is COc1ccc(C(CNC(=O)c2cc3cc(Br)ccc3[nH]2)N2CCOCC2)cc1OC. The summed E-state index contributed by atoms with van der Waals surface area (Å²) in [6.45, 7) is 3.42. The fraction of sp³-hybridized carbons (Fsp3) is 0.348. The van der Waals surface area contributed by atoms with Crippen LogP contribution in [0.2, 0.25) is 0 Å². The summed E-state index contributed by atoms with van der Waals surface area (Å²) in [6.07, 6.45) is 0. The molecule has 2 aromatic carbocycles. The van der Waals surface area contributed by atoms with Crippen LogP contribution in [-0.4, -0.2) is 62.9 Å². The number of amides is 1. The second kappa shape index (κ2) is 9.72. The Balaban J connectivity index is 1.55. The van der Waals surface area contributed by atoms with Crippen molar-refractivity contribution in [3.05, 3.63) is 58.2 Å². The maximum absolute atomic E-state index is 12.9. The third-order valence-corrected chi connectivity index (χ3v) is 6.06. The summed E-state index contributed by atoms with van der Waals surface area (Å²) in [5, 5.41) is 4.09. The van der Waals surface area contributed by atoms with Gasteiger partial charge in [-0.15, -0.1) is 0 Å². The minimum atomic E-state index is -0.133. The molecule has 0 spiro atoms. The van der Waals surface area contributed by atoms with Gasteiger partial charge in [0.15, 0.2) is 11.5 Å². The normalized spacial score (nSPS) is 15.6. The van der Waals surface area contributed by atoms with Crippen molar-refractivity contribution in [3.8, 4) is 11.5 Å². The van der Waals surface area contributed by atoms with E-state index < -0.39 is 0 Å². The molecule has 8 heteroatoms. The molecular formula is C23H26BrN3O4. The molecule has 1 aromatic heterocycles. The Hall–Kier alpha value is -2.55. The highest BCUT2D eigenvalue weighted by Crippen LogP contribution is 2.32. The van der Waals surface area contributed by atoms with E-state index in [9.17, 15) is 4.79 Å². The fourth-order valence-electron chi connectivity index (χ4n) is 3.92. The van der Waals surface area contributed by atoms with E-state index in [0.29, 0.717) is 37.0 Å². The summed E-state index contributed by atoms with van der Waals surface area (Å²) in [4.78, 5) is 18.4. The van der Waals surface area contributed by atoms with Gasteiger partial charge in [0.2, 0.25) is 0 Å². The summed E-state index contributed by atoms with van der Waals surface area (Å²) in [5.74, 6) is 1.22. The van der Waals surface area contributed by atoms with Crippen LogP contribution in [0.5, 0.6) is 11.5 Å². The van der Waals surface area contributed by atoms with Gasteiger partial charge in [0.1, 0.15) is 5.69 Å². The number of aromatic amines is 1. The first-order valence-electron chi connectivity index (χ1n) is 10.2. The van der Waals surface area contributed by atoms with Gasteiger partial charge in [-0.2, -0.15) is 0 Å². The summed E-state index contributed by atoms with van der Waals surface area (Å²) in [6, 6.07) is 13.7. The highest BCUT2D eigenvalue weighted by atomic mass is 79.9. The van der Waals surface area contributed by atoms with Crippen LogP contribution in [0.4, 0.5) is 0 Å². The summed E-state index contributed by atoms with van der Waals surface area (Å²) in [5.41, 5.74) is 2.53. The molecule has 2 heterocycles. The number of benzene rings is 2. The summed E-state index contributed by atoms with van der Waals surface area (Å²) >= 11 is 3.47. The van der Waals surface area contributed by atoms with E-state index in [-0.39, 0.29) is 11.9 Å². The molecule has 0 radical (unpaired) electrons. The number of hydrogen-bond donors (Lipinski definition) is 2. The first-order chi connectivity index (χ1) is 15.1. The van der Waals surface area contributed by atoms with Gasteiger partial charge in [0.05, 0.1) is 33.5 Å². The molecular weight excluding hydrogens is 462 g/mol. The number of rotatable bonds is 7. The smallest absolute Gasteiger partial charge is 0.267 e. The summed E-state index contributed by atoms with van der Waals surface area (Å²) in [7, 11) is 3.25. The van der Waals surface area contributed by atoms with Crippen LogP contribution in [0.15, 0.2) is 46.9 Å². The largest absolute Gasteiger partial charge is 0.493 e. The minimum absolute atomic E-state index is 0.00817. The highest BCUT2D eigenvalue weighted by molar-refractivity contribution is 9.10. The van der Waals surface area contributed by atoms with Gasteiger partial charge in [-0.05, 0) is 42.0 Å². The van der Waals surface area contributed by atoms with Crippen molar-refractivity contribution in [1.82, 2.24) is 15.2 Å². The van der Waals surface area contributed by atoms with Crippen LogP contribution in [-0.2, 0) is 4.74 Å². The quantitative estimate of drug-likeness (QED) is 0.530. The second-order valence-corrected chi connectivity index (χ2v) is 8.32. The molecule has 0 aliphatic carbocycles.